The molecule has 0 spiro atoms. The molecular weight excluding hydrogens is 342 g/mol. The zero-order valence-electron chi connectivity index (χ0n) is 13.6. The molecule has 1 aromatic heterocycles. The van der Waals surface area contributed by atoms with E-state index >= 15 is 0 Å². The monoisotopic (exact) mass is 359 g/mol. The molecule has 1 saturated heterocycles. The second-order valence-electron chi connectivity index (χ2n) is 6.40. The summed E-state index contributed by atoms with van der Waals surface area (Å²) in [6, 6.07) is 8.90. The van der Waals surface area contributed by atoms with Crippen molar-refractivity contribution in [2.75, 3.05) is 18.2 Å². The van der Waals surface area contributed by atoms with Crippen LogP contribution in [0.25, 0.3) is 0 Å². The summed E-state index contributed by atoms with van der Waals surface area (Å²) in [5.74, 6) is -0.813. The topological polar surface area (TPSA) is 65.8 Å². The molecule has 1 fully saturated rings. The van der Waals surface area contributed by atoms with Crippen LogP contribution in [0.1, 0.15) is 41.4 Å². The second kappa shape index (κ2) is 6.11. The number of nitrogens with zero attached hydrogens (tertiary/aromatic N) is 3. The smallest absolute Gasteiger partial charge is 0.277 e. The first-order valence-corrected chi connectivity index (χ1v) is 8.71. The molecule has 25 heavy (non-hydrogen) atoms. The van der Waals surface area contributed by atoms with Crippen LogP contribution in [0.3, 0.4) is 0 Å². The van der Waals surface area contributed by atoms with Crippen LogP contribution in [0.2, 0.25) is 5.02 Å². The van der Waals surface area contributed by atoms with Crippen molar-refractivity contribution in [1.82, 2.24) is 9.58 Å². The first-order chi connectivity index (χ1) is 12.1. The molecule has 2 aliphatic heterocycles. The predicted molar refractivity (Wildman–Crippen MR) is 94.5 cm³/mol. The minimum atomic E-state index is -0.548. The first-order valence-electron chi connectivity index (χ1n) is 8.33. The number of fused-ring (bicyclic) bond motifs is 4. The Bertz CT molecular complexity index is 895. The fraction of sp³-hybridized carbons (Fsp3) is 0.333. The Morgan fingerprint density at radius 1 is 1.12 bits per heavy atom. The number of amides is 1. The van der Waals surface area contributed by atoms with E-state index in [4.69, 9.17) is 11.6 Å². The lowest BCUT2D eigenvalue weighted by atomic mass is 9.98. The van der Waals surface area contributed by atoms with Crippen molar-refractivity contribution in [3.63, 3.8) is 0 Å². The van der Waals surface area contributed by atoms with Gasteiger partial charge in [0.1, 0.15) is 6.67 Å². The van der Waals surface area contributed by atoms with Crippen molar-refractivity contribution in [1.29, 1.82) is 0 Å². The van der Waals surface area contributed by atoms with Gasteiger partial charge in [-0.2, -0.15) is 0 Å². The van der Waals surface area contributed by atoms with E-state index < -0.39 is 11.2 Å². The number of pyridine rings is 1. The summed E-state index contributed by atoms with van der Waals surface area (Å²) in [6.45, 7) is 0.997. The number of carbonyl (C=O) groups excluding carboxylic acids is 1. The molecule has 1 aromatic carbocycles. The van der Waals surface area contributed by atoms with Crippen molar-refractivity contribution in [3.8, 4) is 5.75 Å². The SMILES string of the molecule is O=C1c2c(O)c(=O)ccn2N2CN1CCCCC2c1ccccc1Cl. The van der Waals surface area contributed by atoms with Gasteiger partial charge in [-0.3, -0.25) is 19.3 Å². The van der Waals surface area contributed by atoms with Crippen molar-refractivity contribution < 1.29 is 9.90 Å². The van der Waals surface area contributed by atoms with Gasteiger partial charge in [-0.1, -0.05) is 29.8 Å². The van der Waals surface area contributed by atoms with Gasteiger partial charge in [0.05, 0.1) is 6.04 Å². The second-order valence-corrected chi connectivity index (χ2v) is 6.81. The summed E-state index contributed by atoms with van der Waals surface area (Å²) >= 11 is 6.42. The highest BCUT2D eigenvalue weighted by atomic mass is 35.5. The molecule has 0 aliphatic carbocycles. The Labute approximate surface area is 149 Å². The van der Waals surface area contributed by atoms with Gasteiger partial charge in [-0.05, 0) is 30.9 Å². The Hall–Kier alpha value is -2.47. The fourth-order valence-corrected chi connectivity index (χ4v) is 3.92. The molecule has 2 aromatic rings. The van der Waals surface area contributed by atoms with Crippen molar-refractivity contribution in [2.45, 2.75) is 25.3 Å². The van der Waals surface area contributed by atoms with Crippen LogP contribution in [-0.4, -0.2) is 33.8 Å². The highest BCUT2D eigenvalue weighted by Crippen LogP contribution is 2.35. The van der Waals surface area contributed by atoms with Crippen LogP contribution in [0.5, 0.6) is 5.75 Å². The summed E-state index contributed by atoms with van der Waals surface area (Å²) in [5, 5.41) is 12.9. The van der Waals surface area contributed by atoms with Gasteiger partial charge >= 0.3 is 0 Å². The molecule has 1 amide bonds. The molecule has 6 nitrogen and oxygen atoms in total. The van der Waals surface area contributed by atoms with Crippen molar-refractivity contribution in [3.05, 3.63) is 63.0 Å². The van der Waals surface area contributed by atoms with Gasteiger partial charge in [0.25, 0.3) is 5.91 Å². The molecule has 2 aliphatic rings. The Morgan fingerprint density at radius 3 is 2.72 bits per heavy atom. The van der Waals surface area contributed by atoms with Gasteiger partial charge in [-0.15, -0.1) is 0 Å². The molecule has 3 heterocycles. The minimum absolute atomic E-state index is 0.0257. The molecule has 1 N–H and O–H groups in total. The average Bonchev–Trinajstić information content (AvgIpc) is 2.58. The van der Waals surface area contributed by atoms with E-state index in [9.17, 15) is 14.7 Å². The first kappa shape index (κ1) is 16.0. The van der Waals surface area contributed by atoms with E-state index in [0.29, 0.717) is 18.2 Å². The van der Waals surface area contributed by atoms with E-state index in [0.717, 1.165) is 24.8 Å². The maximum Gasteiger partial charge on any atom is 0.277 e. The molecule has 130 valence electrons. The Balaban J connectivity index is 1.90. The third-order valence-corrected chi connectivity index (χ3v) is 5.26. The summed E-state index contributed by atoms with van der Waals surface area (Å²) in [7, 11) is 0. The summed E-state index contributed by atoms with van der Waals surface area (Å²) < 4.78 is 1.61. The number of rotatable bonds is 1. The van der Waals surface area contributed by atoms with Crippen LogP contribution in [0.15, 0.2) is 41.3 Å². The normalized spacial score (nSPS) is 20.0. The van der Waals surface area contributed by atoms with Gasteiger partial charge in [-0.25, -0.2) is 0 Å². The zero-order valence-corrected chi connectivity index (χ0v) is 14.3. The third kappa shape index (κ3) is 2.57. The Kier molecular flexibility index (Phi) is 3.92. The molecular formula is C18H18ClN3O3. The number of halogens is 1. The third-order valence-electron chi connectivity index (χ3n) is 4.92. The number of hydrogen-bond donors (Lipinski definition) is 1. The molecule has 1 atom stereocenters. The lowest BCUT2D eigenvalue weighted by molar-refractivity contribution is 0.0654. The molecule has 4 rings (SSSR count). The lowest BCUT2D eigenvalue weighted by Gasteiger charge is -2.45. The van der Waals surface area contributed by atoms with Crippen LogP contribution >= 0.6 is 11.6 Å². The highest BCUT2D eigenvalue weighted by Gasteiger charge is 2.37. The van der Waals surface area contributed by atoms with E-state index in [2.05, 4.69) is 0 Å². The van der Waals surface area contributed by atoms with Crippen LogP contribution in [0, 0.1) is 0 Å². The van der Waals surface area contributed by atoms with Gasteiger partial charge in [0, 0.05) is 23.8 Å². The number of carbonyl (C=O) groups is 1. The summed E-state index contributed by atoms with van der Waals surface area (Å²) in [4.78, 5) is 26.2. The van der Waals surface area contributed by atoms with Crippen molar-refractivity contribution in [2.24, 2.45) is 0 Å². The summed E-state index contributed by atoms with van der Waals surface area (Å²) in [6.07, 6.45) is 4.26. The fourth-order valence-electron chi connectivity index (χ4n) is 3.66. The largest absolute Gasteiger partial charge is 0.502 e. The van der Waals surface area contributed by atoms with E-state index in [-0.39, 0.29) is 17.6 Å². The summed E-state index contributed by atoms with van der Waals surface area (Å²) in [5.41, 5.74) is 0.454. The maximum absolute atomic E-state index is 12.7. The van der Waals surface area contributed by atoms with E-state index in [1.165, 1.54) is 6.07 Å². The minimum Gasteiger partial charge on any atom is -0.502 e. The van der Waals surface area contributed by atoms with E-state index in [1.54, 1.807) is 15.8 Å². The molecule has 0 radical (unpaired) electrons. The number of aromatic nitrogens is 1. The molecule has 0 saturated carbocycles. The number of hydrogen-bond acceptors (Lipinski definition) is 4. The van der Waals surface area contributed by atoms with E-state index in [1.807, 2.05) is 29.3 Å². The van der Waals surface area contributed by atoms with Gasteiger partial charge in [0.2, 0.25) is 5.43 Å². The zero-order chi connectivity index (χ0) is 17.6. The lowest BCUT2D eigenvalue weighted by Crippen LogP contribution is -2.56. The standard InChI is InChI=1S/C18H18ClN3O3/c19-13-6-2-1-5-12(13)14-7-3-4-9-20-11-22(14)21-10-8-15(23)17(24)16(21)18(20)25/h1-2,5-6,8,10,14,24H,3-4,7,9,11H2. The maximum atomic E-state index is 12.7. The van der Waals surface area contributed by atoms with Gasteiger partial charge in [0.15, 0.2) is 11.4 Å². The molecule has 1 unspecified atom stereocenters. The number of benzene rings is 1. The quantitative estimate of drug-likeness (QED) is 0.849. The van der Waals surface area contributed by atoms with Gasteiger partial charge < -0.3 is 10.0 Å². The Morgan fingerprint density at radius 2 is 1.92 bits per heavy atom. The van der Waals surface area contributed by atoms with Crippen LogP contribution in [0.4, 0.5) is 0 Å². The number of aromatic hydroxyl groups is 1. The highest BCUT2D eigenvalue weighted by molar-refractivity contribution is 6.31. The van der Waals surface area contributed by atoms with Crippen molar-refractivity contribution >= 4 is 17.5 Å². The molecule has 2 bridgehead atoms. The van der Waals surface area contributed by atoms with Crippen LogP contribution in [-0.2, 0) is 0 Å². The predicted octanol–water partition coefficient (Wildman–Crippen LogP) is 2.48. The van der Waals surface area contributed by atoms with Crippen LogP contribution < -0.4 is 10.4 Å². The average molecular weight is 360 g/mol. The molecule has 7 heteroatoms.